The van der Waals surface area contributed by atoms with Gasteiger partial charge < -0.3 is 8.98 Å². The molecule has 0 spiro atoms. The zero-order valence-electron chi connectivity index (χ0n) is 11.0. The summed E-state index contributed by atoms with van der Waals surface area (Å²) in [5.74, 6) is 0.254. The van der Waals surface area contributed by atoms with E-state index in [-0.39, 0.29) is 17.4 Å². The third kappa shape index (κ3) is 2.07. The fourth-order valence-corrected chi connectivity index (χ4v) is 2.63. The standard InChI is InChI=1S/C15H14N2O3/c1-16-9-12(11-5-2-3-6-14(11)16)13(10-17(18)19)15-7-4-8-20-15/h2-9,13H,10H2,1H3. The molecule has 0 fully saturated rings. The minimum Gasteiger partial charge on any atom is -0.468 e. The van der Waals surface area contributed by atoms with E-state index in [1.807, 2.05) is 42.1 Å². The molecule has 1 aromatic carbocycles. The lowest BCUT2D eigenvalue weighted by atomic mass is 9.96. The number of hydrogen-bond acceptors (Lipinski definition) is 3. The number of fused-ring (bicyclic) bond motifs is 1. The van der Waals surface area contributed by atoms with Gasteiger partial charge in [0.1, 0.15) is 11.7 Å². The Balaban J connectivity index is 2.16. The molecule has 2 aromatic heterocycles. The third-order valence-electron chi connectivity index (χ3n) is 3.52. The summed E-state index contributed by atoms with van der Waals surface area (Å²) in [7, 11) is 1.94. The van der Waals surface area contributed by atoms with Crippen LogP contribution < -0.4 is 0 Å². The number of hydrogen-bond donors (Lipinski definition) is 0. The molecular weight excluding hydrogens is 256 g/mol. The Morgan fingerprint density at radius 2 is 2.10 bits per heavy atom. The Morgan fingerprint density at radius 1 is 1.30 bits per heavy atom. The molecule has 3 rings (SSSR count). The fourth-order valence-electron chi connectivity index (χ4n) is 2.63. The Morgan fingerprint density at radius 3 is 2.80 bits per heavy atom. The summed E-state index contributed by atoms with van der Waals surface area (Å²) in [6, 6.07) is 11.4. The molecule has 3 aromatic rings. The van der Waals surface area contributed by atoms with Crippen molar-refractivity contribution in [3.05, 3.63) is 70.3 Å². The van der Waals surface area contributed by atoms with Gasteiger partial charge in [0, 0.05) is 29.1 Å². The van der Waals surface area contributed by atoms with Gasteiger partial charge in [0.2, 0.25) is 6.54 Å². The van der Waals surface area contributed by atoms with Crippen LogP contribution in [0.5, 0.6) is 0 Å². The highest BCUT2D eigenvalue weighted by molar-refractivity contribution is 5.84. The fraction of sp³-hybridized carbons (Fsp3) is 0.200. The number of para-hydroxylation sites is 1. The molecule has 0 radical (unpaired) electrons. The minimum atomic E-state index is -0.369. The van der Waals surface area contributed by atoms with E-state index >= 15 is 0 Å². The van der Waals surface area contributed by atoms with Crippen LogP contribution in [0.2, 0.25) is 0 Å². The van der Waals surface area contributed by atoms with Gasteiger partial charge in [-0.3, -0.25) is 10.1 Å². The minimum absolute atomic E-state index is 0.179. The zero-order valence-corrected chi connectivity index (χ0v) is 11.0. The average Bonchev–Trinajstić information content (AvgIpc) is 3.05. The SMILES string of the molecule is Cn1cc(C(C[N+](=O)[O-])c2ccco2)c2ccccc21. The first-order valence-corrected chi connectivity index (χ1v) is 6.36. The van der Waals surface area contributed by atoms with Crippen LogP contribution in [-0.4, -0.2) is 16.0 Å². The molecule has 0 saturated carbocycles. The van der Waals surface area contributed by atoms with Gasteiger partial charge in [0.15, 0.2) is 0 Å². The monoisotopic (exact) mass is 270 g/mol. The molecule has 0 N–H and O–H groups in total. The van der Waals surface area contributed by atoms with Crippen molar-refractivity contribution in [2.75, 3.05) is 6.54 Å². The molecule has 20 heavy (non-hydrogen) atoms. The van der Waals surface area contributed by atoms with Crippen LogP contribution in [0.1, 0.15) is 17.2 Å². The van der Waals surface area contributed by atoms with Crippen LogP contribution in [0.3, 0.4) is 0 Å². The lowest BCUT2D eigenvalue weighted by Crippen LogP contribution is -2.13. The summed E-state index contributed by atoms with van der Waals surface area (Å²) in [6.07, 6.45) is 3.49. The van der Waals surface area contributed by atoms with Crippen molar-refractivity contribution in [3.63, 3.8) is 0 Å². The summed E-state index contributed by atoms with van der Waals surface area (Å²) >= 11 is 0. The molecule has 1 unspecified atom stereocenters. The average molecular weight is 270 g/mol. The van der Waals surface area contributed by atoms with Crippen molar-refractivity contribution in [3.8, 4) is 0 Å². The van der Waals surface area contributed by atoms with Gasteiger partial charge in [-0.25, -0.2) is 0 Å². The molecule has 0 amide bonds. The molecule has 5 nitrogen and oxygen atoms in total. The van der Waals surface area contributed by atoms with E-state index < -0.39 is 0 Å². The number of aryl methyl sites for hydroxylation is 1. The number of aromatic nitrogens is 1. The molecule has 2 heterocycles. The smallest absolute Gasteiger partial charge is 0.217 e. The van der Waals surface area contributed by atoms with Crippen molar-refractivity contribution in [2.24, 2.45) is 7.05 Å². The normalized spacial score (nSPS) is 12.7. The summed E-state index contributed by atoms with van der Waals surface area (Å²) in [5.41, 5.74) is 1.98. The number of nitro groups is 1. The van der Waals surface area contributed by atoms with Crippen LogP contribution in [0.25, 0.3) is 10.9 Å². The second-order valence-electron chi connectivity index (χ2n) is 4.80. The summed E-state index contributed by atoms with van der Waals surface area (Å²) < 4.78 is 7.38. The van der Waals surface area contributed by atoms with E-state index in [1.165, 1.54) is 0 Å². The van der Waals surface area contributed by atoms with Gasteiger partial charge in [-0.15, -0.1) is 0 Å². The molecule has 0 aliphatic carbocycles. The Bertz CT molecular complexity index is 744. The van der Waals surface area contributed by atoms with Crippen molar-refractivity contribution in [2.45, 2.75) is 5.92 Å². The van der Waals surface area contributed by atoms with Gasteiger partial charge in [-0.1, -0.05) is 18.2 Å². The second-order valence-corrected chi connectivity index (χ2v) is 4.80. The lowest BCUT2D eigenvalue weighted by molar-refractivity contribution is -0.482. The van der Waals surface area contributed by atoms with Gasteiger partial charge in [0.05, 0.1) is 6.26 Å². The molecule has 0 aliphatic rings. The molecule has 0 bridgehead atoms. The Hall–Kier alpha value is -2.56. The van der Waals surface area contributed by atoms with Crippen LogP contribution >= 0.6 is 0 Å². The molecule has 5 heteroatoms. The molecular formula is C15H14N2O3. The maximum absolute atomic E-state index is 11.0. The van der Waals surface area contributed by atoms with E-state index in [1.54, 1.807) is 18.4 Å². The maximum atomic E-state index is 11.0. The van der Waals surface area contributed by atoms with Crippen molar-refractivity contribution < 1.29 is 9.34 Å². The van der Waals surface area contributed by atoms with E-state index in [4.69, 9.17) is 4.42 Å². The molecule has 102 valence electrons. The second kappa shape index (κ2) is 4.85. The number of nitrogens with zero attached hydrogens (tertiary/aromatic N) is 2. The van der Waals surface area contributed by atoms with Crippen LogP contribution in [-0.2, 0) is 7.05 Å². The summed E-state index contributed by atoms with van der Waals surface area (Å²) in [4.78, 5) is 10.7. The third-order valence-corrected chi connectivity index (χ3v) is 3.52. The van der Waals surface area contributed by atoms with Gasteiger partial charge in [-0.2, -0.15) is 0 Å². The highest BCUT2D eigenvalue weighted by atomic mass is 16.6. The van der Waals surface area contributed by atoms with Gasteiger partial charge in [0.25, 0.3) is 0 Å². The first kappa shape index (κ1) is 12.5. The first-order chi connectivity index (χ1) is 9.66. The number of rotatable bonds is 4. The summed E-state index contributed by atoms with van der Waals surface area (Å²) in [6.45, 7) is -0.179. The molecule has 0 saturated heterocycles. The van der Waals surface area contributed by atoms with E-state index in [0.29, 0.717) is 5.76 Å². The lowest BCUT2D eigenvalue weighted by Gasteiger charge is -2.09. The molecule has 0 aliphatic heterocycles. The predicted octanol–water partition coefficient (Wildman–Crippen LogP) is 3.18. The van der Waals surface area contributed by atoms with Crippen molar-refractivity contribution in [1.29, 1.82) is 0 Å². The van der Waals surface area contributed by atoms with Crippen LogP contribution in [0, 0.1) is 10.1 Å². The van der Waals surface area contributed by atoms with Crippen molar-refractivity contribution in [1.82, 2.24) is 4.57 Å². The summed E-state index contributed by atoms with van der Waals surface area (Å²) in [5, 5.41) is 12.0. The van der Waals surface area contributed by atoms with Gasteiger partial charge >= 0.3 is 0 Å². The van der Waals surface area contributed by atoms with Crippen molar-refractivity contribution >= 4 is 10.9 Å². The maximum Gasteiger partial charge on any atom is 0.217 e. The van der Waals surface area contributed by atoms with E-state index in [0.717, 1.165) is 16.5 Å². The van der Waals surface area contributed by atoms with Crippen LogP contribution in [0.4, 0.5) is 0 Å². The largest absolute Gasteiger partial charge is 0.468 e. The van der Waals surface area contributed by atoms with Gasteiger partial charge in [-0.05, 0) is 23.8 Å². The van der Waals surface area contributed by atoms with E-state index in [9.17, 15) is 10.1 Å². The highest BCUT2D eigenvalue weighted by Crippen LogP contribution is 2.32. The Labute approximate surface area is 115 Å². The van der Waals surface area contributed by atoms with E-state index in [2.05, 4.69) is 0 Å². The quantitative estimate of drug-likeness (QED) is 0.540. The predicted molar refractivity (Wildman–Crippen MR) is 75.3 cm³/mol. The zero-order chi connectivity index (χ0) is 14.1. The Kier molecular flexibility index (Phi) is 3.02. The topological polar surface area (TPSA) is 61.2 Å². The molecule has 1 atom stereocenters. The first-order valence-electron chi connectivity index (χ1n) is 6.36. The number of benzene rings is 1. The highest BCUT2D eigenvalue weighted by Gasteiger charge is 2.26. The van der Waals surface area contributed by atoms with Crippen LogP contribution in [0.15, 0.2) is 53.3 Å². The number of furan rings is 1.